The highest BCUT2D eigenvalue weighted by Crippen LogP contribution is 2.37. The Morgan fingerprint density at radius 3 is 2.32 bits per heavy atom. The maximum Gasteiger partial charge on any atom is 0.371 e. The molecule has 1 aromatic carbocycles. The molecular formula is C16H16O6. The van der Waals surface area contributed by atoms with Crippen molar-refractivity contribution in [2.75, 3.05) is 0 Å². The number of carboxylic acids is 2. The summed E-state index contributed by atoms with van der Waals surface area (Å²) < 4.78 is 5.06. The van der Waals surface area contributed by atoms with Crippen LogP contribution in [0.4, 0.5) is 0 Å². The molecule has 1 fully saturated rings. The van der Waals surface area contributed by atoms with Crippen LogP contribution < -0.4 is 5.43 Å². The van der Waals surface area contributed by atoms with E-state index in [0.29, 0.717) is 16.9 Å². The van der Waals surface area contributed by atoms with E-state index < -0.39 is 11.9 Å². The molecule has 0 spiro atoms. The molecule has 1 saturated carbocycles. The highest BCUT2D eigenvalue weighted by Gasteiger charge is 2.38. The number of carbonyl (C=O) groups is 2. The monoisotopic (exact) mass is 304 g/mol. The van der Waals surface area contributed by atoms with E-state index >= 15 is 0 Å². The van der Waals surface area contributed by atoms with Crippen molar-refractivity contribution < 1.29 is 24.2 Å². The second-order valence-electron chi connectivity index (χ2n) is 5.44. The van der Waals surface area contributed by atoms with Crippen LogP contribution in [0, 0.1) is 18.8 Å². The second-order valence-corrected chi connectivity index (χ2v) is 5.44. The second kappa shape index (κ2) is 6.01. The summed E-state index contributed by atoms with van der Waals surface area (Å²) in [7, 11) is 0. The van der Waals surface area contributed by atoms with Crippen molar-refractivity contribution in [3.8, 4) is 0 Å². The van der Waals surface area contributed by atoms with Crippen LogP contribution in [0.2, 0.25) is 0 Å². The number of aryl methyl sites for hydroxylation is 1. The Bertz CT molecular complexity index is 789. The maximum atomic E-state index is 11.5. The first-order valence-corrected chi connectivity index (χ1v) is 6.80. The molecule has 22 heavy (non-hydrogen) atoms. The SMILES string of the molecule is CC1CC1C(=O)O.Cc1ccc2oc(C(=O)O)cc(=O)c2c1. The molecule has 1 heterocycles. The Kier molecular flexibility index (Phi) is 4.30. The highest BCUT2D eigenvalue weighted by molar-refractivity contribution is 5.87. The topological polar surface area (TPSA) is 105 Å². The Balaban J connectivity index is 0.000000211. The minimum Gasteiger partial charge on any atom is -0.481 e. The number of fused-ring (bicyclic) bond motifs is 1. The van der Waals surface area contributed by atoms with E-state index in [9.17, 15) is 14.4 Å². The predicted octanol–water partition coefficient (Wildman–Crippen LogP) is 2.53. The van der Waals surface area contributed by atoms with Gasteiger partial charge in [-0.05, 0) is 31.4 Å². The van der Waals surface area contributed by atoms with Crippen molar-refractivity contribution in [1.29, 1.82) is 0 Å². The Morgan fingerprint density at radius 1 is 1.23 bits per heavy atom. The van der Waals surface area contributed by atoms with E-state index in [1.54, 1.807) is 18.2 Å². The zero-order valence-corrected chi connectivity index (χ0v) is 12.2. The van der Waals surface area contributed by atoms with Gasteiger partial charge >= 0.3 is 11.9 Å². The predicted molar refractivity (Wildman–Crippen MR) is 79.1 cm³/mol. The van der Waals surface area contributed by atoms with Gasteiger partial charge in [0.15, 0.2) is 5.43 Å². The molecule has 0 aliphatic heterocycles. The maximum absolute atomic E-state index is 11.5. The number of aromatic carboxylic acids is 1. The Hall–Kier alpha value is -2.63. The van der Waals surface area contributed by atoms with Crippen molar-refractivity contribution in [1.82, 2.24) is 0 Å². The van der Waals surface area contributed by atoms with E-state index in [1.807, 2.05) is 13.8 Å². The summed E-state index contributed by atoms with van der Waals surface area (Å²) >= 11 is 0. The van der Waals surface area contributed by atoms with Crippen LogP contribution in [-0.4, -0.2) is 22.2 Å². The molecule has 116 valence electrons. The minimum atomic E-state index is -1.24. The summed E-state index contributed by atoms with van der Waals surface area (Å²) in [6.45, 7) is 3.81. The molecule has 6 nitrogen and oxygen atoms in total. The molecule has 2 atom stereocenters. The first-order chi connectivity index (χ1) is 10.3. The molecule has 1 aromatic heterocycles. The highest BCUT2D eigenvalue weighted by atomic mass is 16.4. The summed E-state index contributed by atoms with van der Waals surface area (Å²) in [5.74, 6) is -1.78. The van der Waals surface area contributed by atoms with Gasteiger partial charge in [-0.2, -0.15) is 0 Å². The summed E-state index contributed by atoms with van der Waals surface area (Å²) in [6, 6.07) is 6.02. The lowest BCUT2D eigenvalue weighted by molar-refractivity contribution is -0.138. The number of hydrogen-bond acceptors (Lipinski definition) is 4. The van der Waals surface area contributed by atoms with Gasteiger partial charge in [0.2, 0.25) is 5.76 Å². The molecule has 0 bridgehead atoms. The van der Waals surface area contributed by atoms with Gasteiger partial charge in [0.25, 0.3) is 0 Å². The number of carboxylic acid groups (broad SMARTS) is 2. The van der Waals surface area contributed by atoms with E-state index in [4.69, 9.17) is 14.6 Å². The third kappa shape index (κ3) is 3.52. The molecule has 2 unspecified atom stereocenters. The van der Waals surface area contributed by atoms with Crippen LogP contribution in [0.25, 0.3) is 11.0 Å². The lowest BCUT2D eigenvalue weighted by atomic mass is 10.1. The van der Waals surface area contributed by atoms with Crippen LogP contribution in [-0.2, 0) is 4.79 Å². The molecule has 0 radical (unpaired) electrons. The third-order valence-electron chi connectivity index (χ3n) is 3.52. The smallest absolute Gasteiger partial charge is 0.371 e. The van der Waals surface area contributed by atoms with Crippen LogP contribution in [0.1, 0.15) is 29.5 Å². The molecule has 2 N–H and O–H groups in total. The summed E-state index contributed by atoms with van der Waals surface area (Å²) in [6.07, 6.45) is 0.884. The normalized spacial score (nSPS) is 19.2. The van der Waals surface area contributed by atoms with Crippen LogP contribution in [0.5, 0.6) is 0 Å². The molecule has 1 aliphatic carbocycles. The zero-order chi connectivity index (χ0) is 16.4. The van der Waals surface area contributed by atoms with Gasteiger partial charge in [-0.3, -0.25) is 9.59 Å². The van der Waals surface area contributed by atoms with Crippen molar-refractivity contribution in [2.45, 2.75) is 20.3 Å². The first kappa shape index (κ1) is 15.8. The average Bonchev–Trinajstić information content (AvgIpc) is 3.17. The van der Waals surface area contributed by atoms with E-state index in [1.165, 1.54) is 0 Å². The number of aliphatic carboxylic acids is 1. The van der Waals surface area contributed by atoms with Gasteiger partial charge in [0, 0.05) is 6.07 Å². The summed E-state index contributed by atoms with van der Waals surface area (Å²) in [4.78, 5) is 32.1. The standard InChI is InChI=1S/C11H8O4.C5H8O2/c1-6-2-3-9-7(4-6)8(12)5-10(15-9)11(13)14;1-3-2-4(3)5(6)7/h2-5H,1H3,(H,13,14);3-4H,2H2,1H3,(H,6,7). The van der Waals surface area contributed by atoms with Crippen LogP contribution in [0.15, 0.2) is 33.5 Å². The van der Waals surface area contributed by atoms with Gasteiger partial charge in [-0.1, -0.05) is 18.6 Å². The molecular weight excluding hydrogens is 288 g/mol. The van der Waals surface area contributed by atoms with E-state index in [-0.39, 0.29) is 17.1 Å². The number of benzene rings is 1. The van der Waals surface area contributed by atoms with Crippen molar-refractivity contribution in [3.05, 3.63) is 45.8 Å². The zero-order valence-electron chi connectivity index (χ0n) is 12.2. The Morgan fingerprint density at radius 2 is 1.86 bits per heavy atom. The molecule has 2 aromatic rings. The largest absolute Gasteiger partial charge is 0.481 e. The molecule has 0 saturated heterocycles. The lowest BCUT2D eigenvalue weighted by Crippen LogP contribution is -2.06. The molecule has 0 amide bonds. The fourth-order valence-electron chi connectivity index (χ4n) is 2.04. The van der Waals surface area contributed by atoms with Gasteiger partial charge in [0.1, 0.15) is 5.58 Å². The summed E-state index contributed by atoms with van der Waals surface area (Å²) in [5, 5.41) is 17.3. The fourth-order valence-corrected chi connectivity index (χ4v) is 2.04. The van der Waals surface area contributed by atoms with Crippen molar-refractivity contribution in [3.63, 3.8) is 0 Å². The molecule has 3 rings (SSSR count). The average molecular weight is 304 g/mol. The summed E-state index contributed by atoms with van der Waals surface area (Å²) in [5.41, 5.74) is 0.890. The molecule has 1 aliphatic rings. The van der Waals surface area contributed by atoms with Gasteiger partial charge in [-0.25, -0.2) is 4.79 Å². The molecule has 6 heteroatoms. The van der Waals surface area contributed by atoms with Gasteiger partial charge < -0.3 is 14.6 Å². The van der Waals surface area contributed by atoms with Crippen LogP contribution in [0.3, 0.4) is 0 Å². The number of rotatable bonds is 2. The fraction of sp³-hybridized carbons (Fsp3) is 0.312. The van der Waals surface area contributed by atoms with Crippen molar-refractivity contribution >= 4 is 22.9 Å². The third-order valence-corrected chi connectivity index (χ3v) is 3.52. The van der Waals surface area contributed by atoms with E-state index in [2.05, 4.69) is 0 Å². The quantitative estimate of drug-likeness (QED) is 0.883. The van der Waals surface area contributed by atoms with E-state index in [0.717, 1.165) is 18.1 Å². The minimum absolute atomic E-state index is 0.0139. The number of hydrogen-bond donors (Lipinski definition) is 2. The lowest BCUT2D eigenvalue weighted by Gasteiger charge is -1.99. The van der Waals surface area contributed by atoms with Gasteiger partial charge in [-0.15, -0.1) is 0 Å². The van der Waals surface area contributed by atoms with Gasteiger partial charge in [0.05, 0.1) is 11.3 Å². The Labute approximate surface area is 126 Å². The van der Waals surface area contributed by atoms with Crippen LogP contribution >= 0.6 is 0 Å². The first-order valence-electron chi connectivity index (χ1n) is 6.80. The van der Waals surface area contributed by atoms with Crippen molar-refractivity contribution in [2.24, 2.45) is 11.8 Å².